The average molecular weight is 179 g/mol. The van der Waals surface area contributed by atoms with Crippen LogP contribution in [0.4, 0.5) is 0 Å². The summed E-state index contributed by atoms with van der Waals surface area (Å²) in [4.78, 5) is 10.9. The van der Waals surface area contributed by atoms with E-state index in [-0.39, 0.29) is 0 Å². The van der Waals surface area contributed by atoms with Gasteiger partial charge in [0.05, 0.1) is 0 Å². The van der Waals surface area contributed by atoms with E-state index in [1.807, 2.05) is 13.0 Å². The third kappa shape index (κ3) is 1.64. The van der Waals surface area contributed by atoms with E-state index in [0.717, 1.165) is 11.3 Å². The molecule has 0 amide bonds. The molecule has 3 heteroatoms. The minimum absolute atomic E-state index is 0.359. The van der Waals surface area contributed by atoms with Gasteiger partial charge in [0.25, 0.3) is 0 Å². The molecule has 0 aliphatic carbocycles. The predicted molar refractivity (Wildman–Crippen MR) is 51.1 cm³/mol. The molecule has 0 aromatic carbocycles. The van der Waals surface area contributed by atoms with Crippen molar-refractivity contribution in [2.45, 2.75) is 20.4 Å². The normalized spacial score (nSPS) is 10.0. The summed E-state index contributed by atoms with van der Waals surface area (Å²) < 4.78 is 1.74. The Kier molecular flexibility index (Phi) is 2.56. The molecule has 0 radical (unpaired) electrons. The van der Waals surface area contributed by atoms with Gasteiger partial charge in [-0.25, -0.2) is 4.79 Å². The zero-order valence-corrected chi connectivity index (χ0v) is 7.87. The van der Waals surface area contributed by atoms with Gasteiger partial charge in [-0.3, -0.25) is 0 Å². The molecule has 1 N–H and O–H groups in total. The summed E-state index contributed by atoms with van der Waals surface area (Å²) in [6.45, 7) is 7.83. The highest BCUT2D eigenvalue weighted by Gasteiger charge is 2.14. The molecule has 3 nitrogen and oxygen atoms in total. The first kappa shape index (κ1) is 9.58. The molecule has 0 saturated heterocycles. The third-order valence-electron chi connectivity index (χ3n) is 2.01. The second-order valence-corrected chi connectivity index (χ2v) is 3.02. The van der Waals surface area contributed by atoms with Crippen LogP contribution in [0.25, 0.3) is 0 Å². The van der Waals surface area contributed by atoms with Gasteiger partial charge in [-0.2, -0.15) is 0 Å². The number of rotatable bonds is 3. The van der Waals surface area contributed by atoms with Crippen LogP contribution in [0.15, 0.2) is 18.7 Å². The highest BCUT2D eigenvalue weighted by atomic mass is 16.4. The summed E-state index contributed by atoms with van der Waals surface area (Å²) in [7, 11) is 0. The molecule has 0 bridgehead atoms. The van der Waals surface area contributed by atoms with Crippen LogP contribution in [0.2, 0.25) is 0 Å². The Morgan fingerprint density at radius 1 is 1.69 bits per heavy atom. The van der Waals surface area contributed by atoms with Gasteiger partial charge in [-0.1, -0.05) is 6.08 Å². The van der Waals surface area contributed by atoms with Gasteiger partial charge in [-0.05, 0) is 25.5 Å². The molecule has 0 fully saturated rings. The van der Waals surface area contributed by atoms with Gasteiger partial charge in [0.2, 0.25) is 0 Å². The topological polar surface area (TPSA) is 42.2 Å². The molecule has 1 rings (SSSR count). The summed E-state index contributed by atoms with van der Waals surface area (Å²) in [6.07, 6.45) is 1.69. The predicted octanol–water partition coefficient (Wildman–Crippen LogP) is 1.99. The summed E-state index contributed by atoms with van der Waals surface area (Å²) in [5, 5.41) is 8.93. The van der Waals surface area contributed by atoms with Crippen LogP contribution in [0.5, 0.6) is 0 Å². The standard InChI is InChI=1S/C10H13NO2/c1-4-5-11-8(3)6-7(2)9(11)10(12)13/h4,6H,1,5H2,2-3H3,(H,12,13). The first-order valence-electron chi connectivity index (χ1n) is 4.09. The molecule has 70 valence electrons. The van der Waals surface area contributed by atoms with Crippen molar-refractivity contribution in [1.82, 2.24) is 4.57 Å². The Labute approximate surface area is 77.3 Å². The van der Waals surface area contributed by atoms with Crippen LogP contribution in [-0.2, 0) is 6.54 Å². The van der Waals surface area contributed by atoms with Gasteiger partial charge in [0, 0.05) is 12.2 Å². The lowest BCUT2D eigenvalue weighted by molar-refractivity contribution is 0.0684. The number of nitrogens with zero attached hydrogens (tertiary/aromatic N) is 1. The van der Waals surface area contributed by atoms with E-state index in [9.17, 15) is 4.79 Å². The van der Waals surface area contributed by atoms with Crippen LogP contribution >= 0.6 is 0 Å². The quantitative estimate of drug-likeness (QED) is 0.721. The SMILES string of the molecule is C=CCn1c(C)cc(C)c1C(=O)O. The number of hydrogen-bond acceptors (Lipinski definition) is 1. The second kappa shape index (κ2) is 3.47. The fourth-order valence-corrected chi connectivity index (χ4v) is 1.50. The molecule has 1 heterocycles. The molecule has 1 aromatic rings. The molecule has 13 heavy (non-hydrogen) atoms. The summed E-state index contributed by atoms with van der Waals surface area (Å²) in [5.41, 5.74) is 2.11. The highest BCUT2D eigenvalue weighted by molar-refractivity contribution is 5.87. The van der Waals surface area contributed by atoms with Gasteiger partial charge in [0.1, 0.15) is 5.69 Å². The number of aromatic nitrogens is 1. The number of allylic oxidation sites excluding steroid dienone is 1. The van der Waals surface area contributed by atoms with Gasteiger partial charge < -0.3 is 9.67 Å². The van der Waals surface area contributed by atoms with E-state index in [2.05, 4.69) is 6.58 Å². The molecule has 1 aromatic heterocycles. The Hall–Kier alpha value is -1.51. The zero-order chi connectivity index (χ0) is 10.0. The van der Waals surface area contributed by atoms with Crippen molar-refractivity contribution in [2.24, 2.45) is 0 Å². The maximum Gasteiger partial charge on any atom is 0.352 e. The van der Waals surface area contributed by atoms with Crippen molar-refractivity contribution in [3.05, 3.63) is 35.7 Å². The van der Waals surface area contributed by atoms with E-state index in [4.69, 9.17) is 5.11 Å². The number of aryl methyl sites for hydroxylation is 2. The maximum atomic E-state index is 10.9. The zero-order valence-electron chi connectivity index (χ0n) is 7.87. The van der Waals surface area contributed by atoms with Crippen LogP contribution in [0.1, 0.15) is 21.7 Å². The summed E-state index contributed by atoms with van der Waals surface area (Å²) in [5.74, 6) is -0.882. The van der Waals surface area contributed by atoms with Gasteiger partial charge >= 0.3 is 5.97 Å². The molecule has 0 atom stereocenters. The Balaban J connectivity index is 3.28. The lowest BCUT2D eigenvalue weighted by Gasteiger charge is -2.05. The van der Waals surface area contributed by atoms with Crippen LogP contribution in [0.3, 0.4) is 0 Å². The van der Waals surface area contributed by atoms with Crippen molar-refractivity contribution in [3.8, 4) is 0 Å². The van der Waals surface area contributed by atoms with Crippen LogP contribution < -0.4 is 0 Å². The minimum Gasteiger partial charge on any atom is -0.477 e. The first-order valence-corrected chi connectivity index (χ1v) is 4.09. The fraction of sp³-hybridized carbons (Fsp3) is 0.300. The Bertz CT molecular complexity index is 350. The summed E-state index contributed by atoms with van der Waals surface area (Å²) in [6, 6.07) is 1.87. The lowest BCUT2D eigenvalue weighted by Crippen LogP contribution is -2.09. The van der Waals surface area contributed by atoms with E-state index in [0.29, 0.717) is 12.2 Å². The average Bonchev–Trinajstić information content (AvgIpc) is 2.27. The van der Waals surface area contributed by atoms with E-state index in [1.54, 1.807) is 17.6 Å². The highest BCUT2D eigenvalue weighted by Crippen LogP contribution is 2.14. The number of carboxylic acids is 1. The Morgan fingerprint density at radius 2 is 2.31 bits per heavy atom. The molecule has 0 spiro atoms. The molecule has 0 aliphatic heterocycles. The second-order valence-electron chi connectivity index (χ2n) is 3.02. The fourth-order valence-electron chi connectivity index (χ4n) is 1.50. The van der Waals surface area contributed by atoms with E-state index >= 15 is 0 Å². The van der Waals surface area contributed by atoms with E-state index < -0.39 is 5.97 Å². The number of aromatic carboxylic acids is 1. The van der Waals surface area contributed by atoms with Crippen LogP contribution in [0, 0.1) is 13.8 Å². The van der Waals surface area contributed by atoms with Crippen molar-refractivity contribution in [3.63, 3.8) is 0 Å². The smallest absolute Gasteiger partial charge is 0.352 e. The number of carboxylic acid groups (broad SMARTS) is 1. The largest absolute Gasteiger partial charge is 0.477 e. The maximum absolute atomic E-state index is 10.9. The first-order chi connectivity index (χ1) is 6.07. The monoisotopic (exact) mass is 179 g/mol. The lowest BCUT2D eigenvalue weighted by atomic mass is 10.2. The van der Waals surface area contributed by atoms with Crippen molar-refractivity contribution in [2.75, 3.05) is 0 Å². The molecular formula is C10H13NO2. The summed E-state index contributed by atoms with van der Waals surface area (Å²) >= 11 is 0. The van der Waals surface area contributed by atoms with Gasteiger partial charge in [0.15, 0.2) is 0 Å². The number of hydrogen-bond donors (Lipinski definition) is 1. The van der Waals surface area contributed by atoms with Crippen molar-refractivity contribution < 1.29 is 9.90 Å². The molecular weight excluding hydrogens is 166 g/mol. The molecule has 0 saturated carbocycles. The molecule has 0 aliphatic rings. The van der Waals surface area contributed by atoms with Crippen LogP contribution in [-0.4, -0.2) is 15.6 Å². The molecule has 0 unspecified atom stereocenters. The Morgan fingerprint density at radius 3 is 2.77 bits per heavy atom. The number of carbonyl (C=O) groups is 1. The van der Waals surface area contributed by atoms with E-state index in [1.165, 1.54) is 0 Å². The van der Waals surface area contributed by atoms with Gasteiger partial charge in [-0.15, -0.1) is 6.58 Å². The van der Waals surface area contributed by atoms with Crippen molar-refractivity contribution in [1.29, 1.82) is 0 Å². The van der Waals surface area contributed by atoms with Crippen molar-refractivity contribution >= 4 is 5.97 Å². The third-order valence-corrected chi connectivity index (χ3v) is 2.01. The minimum atomic E-state index is -0.882.